The molecule has 0 atom stereocenters. The lowest BCUT2D eigenvalue weighted by atomic mass is 10.00. The van der Waals surface area contributed by atoms with E-state index in [0.29, 0.717) is 11.7 Å². The molecule has 2 aromatic rings. The summed E-state index contributed by atoms with van der Waals surface area (Å²) in [6.07, 6.45) is 5.98. The van der Waals surface area contributed by atoms with Gasteiger partial charge in [0.2, 0.25) is 5.17 Å². The molecule has 0 spiro atoms. The number of hydrogen-bond donors (Lipinski definition) is 1. The SMILES string of the molecule is CC1CCN(C2=NN3C(=N)/C(=C\c4cccn4Cc4ccccc4)C(=O)N=C3S2)CC1. The number of hydrazone groups is 1. The van der Waals surface area contributed by atoms with Gasteiger partial charge in [-0.15, -0.1) is 5.10 Å². The number of nitrogens with one attached hydrogen (secondary N) is 1. The molecule has 3 aliphatic rings. The number of amidine groups is 3. The highest BCUT2D eigenvalue weighted by molar-refractivity contribution is 8.26. The van der Waals surface area contributed by atoms with Crippen molar-refractivity contribution in [1.29, 1.82) is 5.41 Å². The molecule has 5 rings (SSSR count). The highest BCUT2D eigenvalue weighted by Crippen LogP contribution is 2.31. The summed E-state index contributed by atoms with van der Waals surface area (Å²) in [7, 11) is 0. The van der Waals surface area contributed by atoms with Gasteiger partial charge in [-0.2, -0.15) is 10.0 Å². The van der Waals surface area contributed by atoms with Crippen molar-refractivity contribution in [2.24, 2.45) is 16.0 Å². The van der Waals surface area contributed by atoms with E-state index in [1.165, 1.54) is 22.3 Å². The number of aliphatic imine (C=N–C) groups is 1. The van der Waals surface area contributed by atoms with Gasteiger partial charge in [-0.05, 0) is 54.3 Å². The number of amides is 1. The Labute approximate surface area is 185 Å². The molecule has 1 aromatic carbocycles. The van der Waals surface area contributed by atoms with E-state index in [0.717, 1.165) is 42.7 Å². The fourth-order valence-corrected chi connectivity index (χ4v) is 4.88. The highest BCUT2D eigenvalue weighted by atomic mass is 32.2. The molecule has 0 unspecified atom stereocenters. The maximum absolute atomic E-state index is 12.8. The first-order valence-corrected chi connectivity index (χ1v) is 11.3. The van der Waals surface area contributed by atoms with Gasteiger partial charge in [0.25, 0.3) is 5.91 Å². The minimum absolute atomic E-state index is 0.0790. The molecule has 0 aliphatic carbocycles. The Morgan fingerprint density at radius 1 is 1.13 bits per heavy atom. The number of rotatable bonds is 3. The smallest absolute Gasteiger partial charge is 0.283 e. The molecular weight excluding hydrogens is 408 g/mol. The number of benzene rings is 1. The first-order valence-electron chi connectivity index (χ1n) is 10.5. The molecule has 31 heavy (non-hydrogen) atoms. The predicted octanol–water partition coefficient (Wildman–Crippen LogP) is 3.84. The van der Waals surface area contributed by atoms with E-state index in [-0.39, 0.29) is 17.3 Å². The second-order valence-corrected chi connectivity index (χ2v) is 9.05. The third-order valence-corrected chi connectivity index (χ3v) is 6.82. The van der Waals surface area contributed by atoms with E-state index in [9.17, 15) is 4.79 Å². The Bertz CT molecular complexity index is 1110. The summed E-state index contributed by atoms with van der Waals surface area (Å²) in [6.45, 7) is 4.86. The molecular formula is C23H24N6OS. The molecule has 1 amide bonds. The van der Waals surface area contributed by atoms with E-state index in [1.807, 2.05) is 36.5 Å². The van der Waals surface area contributed by atoms with Gasteiger partial charge in [0.15, 0.2) is 11.0 Å². The Morgan fingerprint density at radius 2 is 1.90 bits per heavy atom. The molecule has 3 aliphatic heterocycles. The summed E-state index contributed by atoms with van der Waals surface area (Å²) in [5, 5.41) is 16.1. The number of aromatic nitrogens is 1. The monoisotopic (exact) mass is 432 g/mol. The van der Waals surface area contributed by atoms with Crippen LogP contribution in [0.1, 0.15) is 31.0 Å². The van der Waals surface area contributed by atoms with Crippen molar-refractivity contribution in [3.05, 3.63) is 65.5 Å². The molecule has 4 heterocycles. The number of carbonyl (C=O) groups is 1. The van der Waals surface area contributed by atoms with Crippen LogP contribution in [0.3, 0.4) is 0 Å². The summed E-state index contributed by atoms with van der Waals surface area (Å²) >= 11 is 1.38. The second kappa shape index (κ2) is 8.19. The van der Waals surface area contributed by atoms with Crippen LogP contribution < -0.4 is 0 Å². The predicted molar refractivity (Wildman–Crippen MR) is 125 cm³/mol. The van der Waals surface area contributed by atoms with E-state index < -0.39 is 0 Å². The average Bonchev–Trinajstić information content (AvgIpc) is 3.39. The van der Waals surface area contributed by atoms with Gasteiger partial charge in [0.05, 0.1) is 5.57 Å². The Morgan fingerprint density at radius 3 is 2.68 bits per heavy atom. The van der Waals surface area contributed by atoms with Crippen LogP contribution in [0.15, 0.2) is 64.3 Å². The van der Waals surface area contributed by atoms with Crippen LogP contribution in [0.4, 0.5) is 0 Å². The van der Waals surface area contributed by atoms with Gasteiger partial charge in [-0.3, -0.25) is 10.2 Å². The van der Waals surface area contributed by atoms with Crippen molar-refractivity contribution in [3.63, 3.8) is 0 Å². The third kappa shape index (κ3) is 3.95. The van der Waals surface area contributed by atoms with Crippen molar-refractivity contribution in [1.82, 2.24) is 14.5 Å². The number of likely N-dealkylation sites (tertiary alicyclic amines) is 1. The van der Waals surface area contributed by atoms with Crippen molar-refractivity contribution in [2.75, 3.05) is 13.1 Å². The first kappa shape index (κ1) is 19.8. The van der Waals surface area contributed by atoms with Crippen molar-refractivity contribution in [3.8, 4) is 0 Å². The van der Waals surface area contributed by atoms with Crippen LogP contribution in [0.5, 0.6) is 0 Å². The first-order chi connectivity index (χ1) is 15.1. The zero-order valence-electron chi connectivity index (χ0n) is 17.4. The molecule has 0 radical (unpaired) electrons. The van der Waals surface area contributed by atoms with Crippen LogP contribution in [0.25, 0.3) is 6.08 Å². The minimum atomic E-state index is -0.389. The van der Waals surface area contributed by atoms with Gasteiger partial charge in [-0.25, -0.2) is 0 Å². The highest BCUT2D eigenvalue weighted by Gasteiger charge is 2.37. The van der Waals surface area contributed by atoms with Gasteiger partial charge in [0, 0.05) is 31.5 Å². The Balaban J connectivity index is 1.39. The normalized spacial score (nSPS) is 20.9. The molecule has 158 valence electrons. The number of nitrogens with zero attached hydrogens (tertiary/aromatic N) is 5. The zero-order valence-corrected chi connectivity index (χ0v) is 18.2. The van der Waals surface area contributed by atoms with Crippen molar-refractivity contribution in [2.45, 2.75) is 26.3 Å². The lowest BCUT2D eigenvalue weighted by molar-refractivity contribution is -0.114. The zero-order chi connectivity index (χ0) is 21.4. The standard InChI is InChI=1S/C23H24N6OS/c1-16-9-12-27(13-10-16)23-26-29-20(24)19(21(30)25-22(29)31-23)14-18-8-5-11-28(18)15-17-6-3-2-4-7-17/h2-8,11,14,16,24H,9-10,12-13,15H2,1H3/b19-14+,24-20?. The van der Waals surface area contributed by atoms with E-state index in [2.05, 4.69) is 38.6 Å². The topological polar surface area (TPSA) is 77.0 Å². The second-order valence-electron chi connectivity index (χ2n) is 8.12. The van der Waals surface area contributed by atoms with Gasteiger partial charge in [0.1, 0.15) is 0 Å². The summed E-state index contributed by atoms with van der Waals surface area (Å²) in [4.78, 5) is 19.2. The van der Waals surface area contributed by atoms with Crippen molar-refractivity contribution >= 4 is 39.9 Å². The fourth-order valence-electron chi connectivity index (χ4n) is 3.94. The largest absolute Gasteiger partial charge is 0.349 e. The molecule has 1 fully saturated rings. The number of hydrogen-bond acceptors (Lipinski definition) is 5. The lowest BCUT2D eigenvalue weighted by Gasteiger charge is -2.30. The van der Waals surface area contributed by atoms with Crippen LogP contribution >= 0.6 is 11.8 Å². The molecule has 0 bridgehead atoms. The molecule has 1 saturated heterocycles. The number of fused-ring (bicyclic) bond motifs is 1. The van der Waals surface area contributed by atoms with Crippen LogP contribution in [0.2, 0.25) is 0 Å². The van der Waals surface area contributed by atoms with E-state index >= 15 is 0 Å². The Kier molecular flexibility index (Phi) is 5.23. The summed E-state index contributed by atoms with van der Waals surface area (Å²) in [6, 6.07) is 14.0. The van der Waals surface area contributed by atoms with E-state index in [1.54, 1.807) is 6.08 Å². The minimum Gasteiger partial charge on any atom is -0.349 e. The third-order valence-electron chi connectivity index (χ3n) is 5.85. The Hall–Kier alpha value is -3.13. The maximum atomic E-state index is 12.8. The molecule has 0 saturated carbocycles. The van der Waals surface area contributed by atoms with Crippen LogP contribution in [0, 0.1) is 11.3 Å². The summed E-state index contributed by atoms with van der Waals surface area (Å²) in [5.74, 6) is 0.417. The maximum Gasteiger partial charge on any atom is 0.283 e. The number of carbonyl (C=O) groups excluding carboxylic acids is 1. The average molecular weight is 433 g/mol. The molecule has 7 nitrogen and oxygen atoms in total. The number of piperidine rings is 1. The summed E-state index contributed by atoms with van der Waals surface area (Å²) in [5.41, 5.74) is 2.29. The number of thioether (sulfide) groups is 1. The van der Waals surface area contributed by atoms with Crippen LogP contribution in [-0.2, 0) is 11.3 Å². The fraction of sp³-hybridized carbons (Fsp3) is 0.304. The summed E-state index contributed by atoms with van der Waals surface area (Å²) < 4.78 is 2.06. The van der Waals surface area contributed by atoms with E-state index in [4.69, 9.17) is 5.41 Å². The van der Waals surface area contributed by atoms with Gasteiger partial charge < -0.3 is 9.47 Å². The molecule has 1 N–H and O–H groups in total. The lowest BCUT2D eigenvalue weighted by Crippen LogP contribution is -2.36. The quantitative estimate of drug-likeness (QED) is 0.748. The van der Waals surface area contributed by atoms with Gasteiger partial charge in [-0.1, -0.05) is 37.3 Å². The van der Waals surface area contributed by atoms with Crippen molar-refractivity contribution < 1.29 is 4.79 Å². The molecule has 8 heteroatoms. The van der Waals surface area contributed by atoms with Gasteiger partial charge >= 0.3 is 0 Å². The molecule has 1 aromatic heterocycles. The van der Waals surface area contributed by atoms with Crippen LogP contribution in [-0.4, -0.2) is 49.6 Å².